The molecule has 1 aliphatic heterocycles. The maximum Gasteiger partial charge on any atom is 0.339 e. The van der Waals surface area contributed by atoms with E-state index in [0.717, 1.165) is 54.9 Å². The van der Waals surface area contributed by atoms with Gasteiger partial charge in [0.2, 0.25) is 0 Å². The zero-order valence-corrected chi connectivity index (χ0v) is 17.1. The molecule has 0 aliphatic carbocycles. The van der Waals surface area contributed by atoms with Crippen LogP contribution in [0.2, 0.25) is 0 Å². The number of carbonyl (C=O) groups is 1. The molecule has 156 valence electrons. The number of hydrogen-bond donors (Lipinski definition) is 0. The first-order valence-corrected chi connectivity index (χ1v) is 10.3. The molecule has 6 nitrogen and oxygen atoms in total. The topological polar surface area (TPSA) is 58.6 Å². The zero-order valence-electron chi connectivity index (χ0n) is 17.1. The Hall–Kier alpha value is -3.06. The number of anilines is 1. The van der Waals surface area contributed by atoms with E-state index in [1.54, 1.807) is 31.5 Å². The summed E-state index contributed by atoms with van der Waals surface area (Å²) in [5.74, 6) is 0.269. The number of aromatic nitrogens is 2. The molecule has 1 aromatic carbocycles. The number of halogens is 1. The van der Waals surface area contributed by atoms with E-state index < -0.39 is 0 Å². The molecule has 1 aliphatic rings. The predicted octanol–water partition coefficient (Wildman–Crippen LogP) is 3.66. The van der Waals surface area contributed by atoms with E-state index in [0.29, 0.717) is 18.7 Å². The molecule has 0 spiro atoms. The third kappa shape index (κ3) is 4.57. The smallest absolute Gasteiger partial charge is 0.339 e. The first kappa shape index (κ1) is 20.2. The van der Waals surface area contributed by atoms with Crippen LogP contribution in [0.5, 0.6) is 0 Å². The Kier molecular flexibility index (Phi) is 6.18. The third-order valence-electron chi connectivity index (χ3n) is 5.31. The number of rotatable bonds is 5. The molecule has 3 aromatic rings. The van der Waals surface area contributed by atoms with Gasteiger partial charge in [0.25, 0.3) is 0 Å². The van der Waals surface area contributed by atoms with Crippen molar-refractivity contribution in [1.29, 1.82) is 0 Å². The van der Waals surface area contributed by atoms with E-state index in [-0.39, 0.29) is 11.8 Å². The molecule has 7 heteroatoms. The van der Waals surface area contributed by atoms with Crippen LogP contribution in [-0.2, 0) is 11.3 Å². The number of esters is 1. The van der Waals surface area contributed by atoms with Gasteiger partial charge in [0.1, 0.15) is 11.6 Å². The van der Waals surface area contributed by atoms with Crippen LogP contribution in [0.3, 0.4) is 0 Å². The van der Waals surface area contributed by atoms with E-state index in [1.807, 2.05) is 18.2 Å². The summed E-state index contributed by atoms with van der Waals surface area (Å²) < 4.78 is 19.1. The Labute approximate surface area is 175 Å². The van der Waals surface area contributed by atoms with Gasteiger partial charge in [0.15, 0.2) is 0 Å². The van der Waals surface area contributed by atoms with Crippen LogP contribution in [-0.4, -0.2) is 53.6 Å². The first-order valence-electron chi connectivity index (χ1n) is 10.3. The van der Waals surface area contributed by atoms with Gasteiger partial charge in [-0.05, 0) is 49.2 Å². The number of hydrogen-bond acceptors (Lipinski definition) is 6. The van der Waals surface area contributed by atoms with Crippen LogP contribution in [0.1, 0.15) is 29.3 Å². The van der Waals surface area contributed by atoms with E-state index in [9.17, 15) is 9.18 Å². The number of ether oxygens (including phenoxy) is 1. The van der Waals surface area contributed by atoms with Crippen molar-refractivity contribution in [2.45, 2.75) is 19.9 Å². The van der Waals surface area contributed by atoms with Crippen LogP contribution in [0.15, 0.2) is 48.8 Å². The maximum absolute atomic E-state index is 14.1. The lowest BCUT2D eigenvalue weighted by Crippen LogP contribution is -2.31. The summed E-state index contributed by atoms with van der Waals surface area (Å²) in [4.78, 5) is 25.3. The van der Waals surface area contributed by atoms with Gasteiger partial charge in [-0.1, -0.05) is 6.07 Å². The minimum atomic E-state index is -0.352. The predicted molar refractivity (Wildman–Crippen MR) is 114 cm³/mol. The molecule has 0 amide bonds. The van der Waals surface area contributed by atoms with Gasteiger partial charge < -0.3 is 9.64 Å². The van der Waals surface area contributed by atoms with Gasteiger partial charge in [0, 0.05) is 50.5 Å². The molecule has 0 unspecified atom stereocenters. The standard InChI is InChI=1S/C23H25FN4O2/c1-2-30-23(29)18-6-7-21(26-15-18)28-10-4-9-27(11-12-28)16-19-14-20(24)13-17-5-3-8-25-22(17)19/h3,5-8,13-15H,2,4,9-12,16H2,1H3. The number of benzene rings is 1. The summed E-state index contributed by atoms with van der Waals surface area (Å²) in [5, 5.41) is 0.829. The summed E-state index contributed by atoms with van der Waals surface area (Å²) in [6.07, 6.45) is 4.29. The highest BCUT2D eigenvalue weighted by Crippen LogP contribution is 2.21. The average molecular weight is 408 g/mol. The lowest BCUT2D eigenvalue weighted by Gasteiger charge is -2.23. The highest BCUT2D eigenvalue weighted by Gasteiger charge is 2.18. The van der Waals surface area contributed by atoms with Gasteiger partial charge in [-0.3, -0.25) is 9.88 Å². The Balaban J connectivity index is 1.43. The van der Waals surface area contributed by atoms with Crippen molar-refractivity contribution >= 4 is 22.7 Å². The van der Waals surface area contributed by atoms with Crippen molar-refractivity contribution in [3.05, 3.63) is 65.7 Å². The molecule has 1 fully saturated rings. The van der Waals surface area contributed by atoms with Crippen LogP contribution < -0.4 is 4.90 Å². The van der Waals surface area contributed by atoms with Gasteiger partial charge in [-0.15, -0.1) is 0 Å². The second kappa shape index (κ2) is 9.17. The summed E-state index contributed by atoms with van der Waals surface area (Å²) in [6.45, 7) is 6.24. The van der Waals surface area contributed by atoms with Crippen molar-refractivity contribution in [3.63, 3.8) is 0 Å². The Morgan fingerprint density at radius 1 is 1.13 bits per heavy atom. The van der Waals surface area contributed by atoms with E-state index >= 15 is 0 Å². The largest absolute Gasteiger partial charge is 0.462 e. The summed E-state index contributed by atoms with van der Waals surface area (Å²) in [6, 6.07) is 10.5. The van der Waals surface area contributed by atoms with Gasteiger partial charge in [-0.25, -0.2) is 14.2 Å². The lowest BCUT2D eigenvalue weighted by molar-refractivity contribution is 0.0526. The molecule has 0 saturated carbocycles. The minimum absolute atomic E-state index is 0.229. The van der Waals surface area contributed by atoms with E-state index in [4.69, 9.17) is 4.74 Å². The Morgan fingerprint density at radius 2 is 2.03 bits per heavy atom. The van der Waals surface area contributed by atoms with Crippen LogP contribution in [0, 0.1) is 5.82 Å². The highest BCUT2D eigenvalue weighted by molar-refractivity contribution is 5.89. The second-order valence-corrected chi connectivity index (χ2v) is 7.38. The van der Waals surface area contributed by atoms with Gasteiger partial charge >= 0.3 is 5.97 Å². The van der Waals surface area contributed by atoms with Crippen LogP contribution >= 0.6 is 0 Å². The molecular weight excluding hydrogens is 383 g/mol. The molecule has 3 heterocycles. The zero-order chi connectivity index (χ0) is 20.9. The lowest BCUT2D eigenvalue weighted by atomic mass is 10.1. The monoisotopic (exact) mass is 408 g/mol. The fraction of sp³-hybridized carbons (Fsp3) is 0.348. The molecule has 0 bridgehead atoms. The summed E-state index contributed by atoms with van der Waals surface area (Å²) in [5.41, 5.74) is 2.23. The first-order chi connectivity index (χ1) is 14.6. The molecule has 30 heavy (non-hydrogen) atoms. The number of nitrogens with zero attached hydrogens (tertiary/aromatic N) is 4. The fourth-order valence-electron chi connectivity index (χ4n) is 3.86. The fourth-order valence-corrected chi connectivity index (χ4v) is 3.86. The van der Waals surface area contributed by atoms with E-state index in [1.165, 1.54) is 6.07 Å². The quantitative estimate of drug-likeness (QED) is 0.601. The molecule has 0 radical (unpaired) electrons. The number of pyridine rings is 2. The van der Waals surface area contributed by atoms with Crippen LogP contribution in [0.25, 0.3) is 10.9 Å². The SMILES string of the molecule is CCOC(=O)c1ccc(N2CCCN(Cc3cc(F)cc4cccnc34)CC2)nc1. The second-order valence-electron chi connectivity index (χ2n) is 7.38. The molecule has 0 N–H and O–H groups in total. The van der Waals surface area contributed by atoms with Crippen LogP contribution in [0.4, 0.5) is 10.2 Å². The normalized spacial score (nSPS) is 15.2. The van der Waals surface area contributed by atoms with Crippen molar-refractivity contribution in [2.24, 2.45) is 0 Å². The summed E-state index contributed by atoms with van der Waals surface area (Å²) in [7, 11) is 0. The van der Waals surface area contributed by atoms with Crippen molar-refractivity contribution < 1.29 is 13.9 Å². The Morgan fingerprint density at radius 3 is 2.83 bits per heavy atom. The van der Waals surface area contributed by atoms with Crippen molar-refractivity contribution in [3.8, 4) is 0 Å². The molecule has 1 saturated heterocycles. The molecule has 0 atom stereocenters. The molecular formula is C23H25FN4O2. The van der Waals surface area contributed by atoms with Crippen molar-refractivity contribution in [1.82, 2.24) is 14.9 Å². The Bertz CT molecular complexity index is 1030. The van der Waals surface area contributed by atoms with Gasteiger partial charge in [0.05, 0.1) is 17.7 Å². The van der Waals surface area contributed by atoms with Crippen molar-refractivity contribution in [2.75, 3.05) is 37.7 Å². The maximum atomic E-state index is 14.1. The average Bonchev–Trinajstić information content (AvgIpc) is 2.99. The highest BCUT2D eigenvalue weighted by atomic mass is 19.1. The number of carbonyl (C=O) groups excluding carboxylic acids is 1. The molecule has 4 rings (SSSR count). The van der Waals surface area contributed by atoms with Gasteiger partial charge in [-0.2, -0.15) is 0 Å². The third-order valence-corrected chi connectivity index (χ3v) is 5.31. The molecule has 2 aromatic heterocycles. The number of fused-ring (bicyclic) bond motifs is 1. The minimum Gasteiger partial charge on any atom is -0.462 e. The summed E-state index contributed by atoms with van der Waals surface area (Å²) >= 11 is 0. The van der Waals surface area contributed by atoms with E-state index in [2.05, 4.69) is 19.8 Å².